The van der Waals surface area contributed by atoms with E-state index in [0.29, 0.717) is 0 Å². The van der Waals surface area contributed by atoms with Crippen molar-refractivity contribution in [1.29, 1.82) is 0 Å². The summed E-state index contributed by atoms with van der Waals surface area (Å²) in [5, 5.41) is 3.34. The Bertz CT molecular complexity index is 650. The highest BCUT2D eigenvalue weighted by molar-refractivity contribution is 7.09. The molecule has 0 aliphatic carbocycles. The van der Waals surface area contributed by atoms with Crippen LogP contribution in [-0.2, 0) is 6.42 Å². The minimum Gasteiger partial charge on any atom is -0.361 e. The Morgan fingerprint density at radius 2 is 2.11 bits per heavy atom. The van der Waals surface area contributed by atoms with E-state index in [9.17, 15) is 0 Å². The maximum atomic E-state index is 4.50. The van der Waals surface area contributed by atoms with E-state index < -0.39 is 0 Å². The number of nitrogens with one attached hydrogen (secondary N) is 1. The average molecular weight is 254 g/mol. The van der Waals surface area contributed by atoms with Crippen LogP contribution in [0, 0.1) is 0 Å². The van der Waals surface area contributed by atoms with Gasteiger partial charge in [0.25, 0.3) is 0 Å². The monoisotopic (exact) mass is 254 g/mol. The Hall–Kier alpha value is -1.87. The molecule has 18 heavy (non-hydrogen) atoms. The van der Waals surface area contributed by atoms with E-state index in [1.807, 2.05) is 18.5 Å². The number of nitrogens with zero attached hydrogens (tertiary/aromatic N) is 1. The zero-order valence-corrected chi connectivity index (χ0v) is 10.8. The molecule has 90 valence electrons. The lowest BCUT2D eigenvalue weighted by molar-refractivity contribution is 0.994. The first-order valence-corrected chi connectivity index (χ1v) is 6.90. The lowest BCUT2D eigenvalue weighted by Crippen LogP contribution is -1.87. The van der Waals surface area contributed by atoms with E-state index in [4.69, 9.17) is 0 Å². The fraction of sp³-hybridized carbons (Fsp3) is 0.133. The average Bonchev–Trinajstić information content (AvgIpc) is 3.04. The SMILES string of the molecule is C(=NCCc1cccs1)c1c[nH]c2ccccc12. The summed E-state index contributed by atoms with van der Waals surface area (Å²) in [6.07, 6.45) is 5.00. The standard InChI is InChI=1S/C15H14N2S/c1-2-6-15-14(5-1)12(11-17-15)10-16-8-7-13-4-3-9-18-13/h1-6,9-11,17H,7-8H2. The second kappa shape index (κ2) is 5.19. The van der Waals surface area contributed by atoms with Gasteiger partial charge in [-0.05, 0) is 17.5 Å². The van der Waals surface area contributed by atoms with Crippen LogP contribution in [0.25, 0.3) is 10.9 Å². The van der Waals surface area contributed by atoms with Gasteiger partial charge in [0.1, 0.15) is 0 Å². The highest BCUT2D eigenvalue weighted by Gasteiger charge is 1.99. The van der Waals surface area contributed by atoms with E-state index >= 15 is 0 Å². The summed E-state index contributed by atoms with van der Waals surface area (Å²) < 4.78 is 0. The zero-order chi connectivity index (χ0) is 12.2. The molecule has 0 spiro atoms. The van der Waals surface area contributed by atoms with Crippen molar-refractivity contribution >= 4 is 28.5 Å². The Morgan fingerprint density at radius 3 is 3.00 bits per heavy atom. The van der Waals surface area contributed by atoms with Gasteiger partial charge in [0.15, 0.2) is 0 Å². The maximum Gasteiger partial charge on any atom is 0.0460 e. The van der Waals surface area contributed by atoms with Gasteiger partial charge in [0.05, 0.1) is 0 Å². The third kappa shape index (κ3) is 2.36. The number of aliphatic imine (C=N–C) groups is 1. The van der Waals surface area contributed by atoms with Crippen LogP contribution in [0.15, 0.2) is 53.0 Å². The molecule has 3 aromatic rings. The number of aromatic nitrogens is 1. The topological polar surface area (TPSA) is 28.1 Å². The Morgan fingerprint density at radius 1 is 1.17 bits per heavy atom. The van der Waals surface area contributed by atoms with E-state index in [0.717, 1.165) is 24.0 Å². The first-order chi connectivity index (χ1) is 8.93. The van der Waals surface area contributed by atoms with Crippen LogP contribution in [-0.4, -0.2) is 17.7 Å². The molecule has 1 aromatic carbocycles. The number of aromatic amines is 1. The number of thiophene rings is 1. The van der Waals surface area contributed by atoms with Crippen LogP contribution in [0.4, 0.5) is 0 Å². The lowest BCUT2D eigenvalue weighted by Gasteiger charge is -1.92. The smallest absolute Gasteiger partial charge is 0.0460 e. The summed E-state index contributed by atoms with van der Waals surface area (Å²) in [6.45, 7) is 0.847. The summed E-state index contributed by atoms with van der Waals surface area (Å²) in [4.78, 5) is 9.15. The minimum absolute atomic E-state index is 0.847. The van der Waals surface area contributed by atoms with Crippen LogP contribution in [0.3, 0.4) is 0 Å². The highest BCUT2D eigenvalue weighted by atomic mass is 32.1. The molecule has 0 fully saturated rings. The Labute approximate surface area is 110 Å². The van der Waals surface area contributed by atoms with Crippen LogP contribution in [0.5, 0.6) is 0 Å². The van der Waals surface area contributed by atoms with Gasteiger partial charge in [-0.1, -0.05) is 24.3 Å². The predicted molar refractivity (Wildman–Crippen MR) is 78.8 cm³/mol. The summed E-state index contributed by atoms with van der Waals surface area (Å²) in [5.41, 5.74) is 2.33. The summed E-state index contributed by atoms with van der Waals surface area (Å²) in [6, 6.07) is 12.5. The first-order valence-electron chi connectivity index (χ1n) is 6.02. The molecule has 1 N–H and O–H groups in total. The van der Waals surface area contributed by atoms with E-state index in [1.54, 1.807) is 11.3 Å². The largest absolute Gasteiger partial charge is 0.361 e. The molecule has 0 amide bonds. The zero-order valence-electron chi connectivity index (χ0n) is 9.97. The molecule has 0 unspecified atom stereocenters. The molecule has 3 rings (SSSR count). The van der Waals surface area contributed by atoms with E-state index in [2.05, 4.69) is 45.7 Å². The Balaban J connectivity index is 1.68. The van der Waals surface area contributed by atoms with Crippen molar-refractivity contribution in [3.63, 3.8) is 0 Å². The van der Waals surface area contributed by atoms with Gasteiger partial charge < -0.3 is 4.98 Å². The second-order valence-electron chi connectivity index (χ2n) is 4.15. The summed E-state index contributed by atoms with van der Waals surface area (Å²) in [7, 11) is 0. The molecule has 2 aromatic heterocycles. The van der Waals surface area contributed by atoms with Crippen LogP contribution in [0.1, 0.15) is 10.4 Å². The van der Waals surface area contributed by atoms with Crippen LogP contribution < -0.4 is 0 Å². The van der Waals surface area contributed by atoms with Crippen molar-refractivity contribution in [3.05, 3.63) is 58.4 Å². The van der Waals surface area contributed by atoms with Gasteiger partial charge in [-0.15, -0.1) is 11.3 Å². The number of H-pyrrole nitrogens is 1. The molecule has 0 bridgehead atoms. The molecule has 0 saturated heterocycles. The van der Waals surface area contributed by atoms with Gasteiger partial charge in [-0.3, -0.25) is 4.99 Å². The number of hydrogen-bond acceptors (Lipinski definition) is 2. The molecule has 0 aliphatic heterocycles. The molecule has 0 saturated carbocycles. The summed E-state index contributed by atoms with van der Waals surface area (Å²) >= 11 is 1.79. The normalized spacial score (nSPS) is 11.6. The molecular weight excluding hydrogens is 240 g/mol. The maximum absolute atomic E-state index is 4.50. The molecular formula is C15H14N2S. The Kier molecular flexibility index (Phi) is 3.24. The number of para-hydroxylation sites is 1. The number of benzene rings is 1. The minimum atomic E-state index is 0.847. The van der Waals surface area contributed by atoms with Crippen molar-refractivity contribution < 1.29 is 0 Å². The number of fused-ring (bicyclic) bond motifs is 1. The third-order valence-electron chi connectivity index (χ3n) is 2.92. The molecule has 0 aliphatic rings. The summed E-state index contributed by atoms with van der Waals surface area (Å²) in [5.74, 6) is 0. The van der Waals surface area contributed by atoms with Crippen molar-refractivity contribution in [2.24, 2.45) is 4.99 Å². The van der Waals surface area contributed by atoms with Gasteiger partial charge in [0.2, 0.25) is 0 Å². The fourth-order valence-electron chi connectivity index (χ4n) is 1.99. The molecule has 2 heterocycles. The van der Waals surface area contributed by atoms with E-state index in [1.165, 1.54) is 10.3 Å². The van der Waals surface area contributed by atoms with Crippen LogP contribution in [0.2, 0.25) is 0 Å². The van der Waals surface area contributed by atoms with Crippen molar-refractivity contribution in [1.82, 2.24) is 4.98 Å². The molecule has 2 nitrogen and oxygen atoms in total. The van der Waals surface area contributed by atoms with E-state index in [-0.39, 0.29) is 0 Å². The highest BCUT2D eigenvalue weighted by Crippen LogP contribution is 2.15. The fourth-order valence-corrected chi connectivity index (χ4v) is 2.69. The van der Waals surface area contributed by atoms with Gasteiger partial charge in [-0.25, -0.2) is 0 Å². The lowest BCUT2D eigenvalue weighted by atomic mass is 10.2. The van der Waals surface area contributed by atoms with Crippen molar-refractivity contribution in [2.45, 2.75) is 6.42 Å². The first kappa shape index (κ1) is 11.2. The van der Waals surface area contributed by atoms with Crippen molar-refractivity contribution in [3.8, 4) is 0 Å². The molecule has 0 radical (unpaired) electrons. The molecule has 0 atom stereocenters. The third-order valence-corrected chi connectivity index (χ3v) is 3.86. The molecule has 3 heteroatoms. The predicted octanol–water partition coefficient (Wildman–Crippen LogP) is 3.89. The quantitative estimate of drug-likeness (QED) is 0.684. The van der Waals surface area contributed by atoms with Gasteiger partial charge in [0, 0.05) is 46.7 Å². The van der Waals surface area contributed by atoms with Crippen molar-refractivity contribution in [2.75, 3.05) is 6.54 Å². The second-order valence-corrected chi connectivity index (χ2v) is 5.19. The van der Waals surface area contributed by atoms with Crippen LogP contribution >= 0.6 is 11.3 Å². The number of hydrogen-bond donors (Lipinski definition) is 1. The number of rotatable bonds is 4. The van der Waals surface area contributed by atoms with Gasteiger partial charge in [-0.2, -0.15) is 0 Å². The van der Waals surface area contributed by atoms with Gasteiger partial charge >= 0.3 is 0 Å².